The zero-order chi connectivity index (χ0) is 18.1. The van der Waals surface area contributed by atoms with Gasteiger partial charge in [-0.3, -0.25) is 4.79 Å². The van der Waals surface area contributed by atoms with E-state index in [0.717, 1.165) is 24.3 Å². The Hall–Kier alpha value is -2.53. The molecule has 0 aliphatic carbocycles. The number of amides is 1. The minimum atomic E-state index is -0.225. The number of H-pyrrole nitrogens is 1. The molecular formula is C21H25N3O2. The fourth-order valence-electron chi connectivity index (χ4n) is 3.89. The van der Waals surface area contributed by atoms with Crippen molar-refractivity contribution in [2.45, 2.75) is 38.6 Å². The maximum atomic E-state index is 12.2. The molecule has 3 aromatic rings. The molecule has 0 radical (unpaired) electrons. The van der Waals surface area contributed by atoms with Crippen molar-refractivity contribution in [1.82, 2.24) is 9.88 Å². The van der Waals surface area contributed by atoms with E-state index < -0.39 is 0 Å². The molecule has 1 saturated heterocycles. The number of rotatable bonds is 4. The van der Waals surface area contributed by atoms with Crippen LogP contribution in [-0.2, 0) is 0 Å². The van der Waals surface area contributed by atoms with E-state index in [-0.39, 0.29) is 5.91 Å². The van der Waals surface area contributed by atoms with Crippen molar-refractivity contribution in [3.63, 3.8) is 0 Å². The smallest absolute Gasteiger partial charge is 0.291 e. The van der Waals surface area contributed by atoms with E-state index in [9.17, 15) is 4.79 Å². The van der Waals surface area contributed by atoms with Gasteiger partial charge >= 0.3 is 0 Å². The number of aromatic amines is 1. The summed E-state index contributed by atoms with van der Waals surface area (Å²) < 4.78 is 5.17. The van der Waals surface area contributed by atoms with E-state index in [1.54, 1.807) is 12.1 Å². The number of benzene rings is 1. The van der Waals surface area contributed by atoms with Crippen molar-refractivity contribution in [2.75, 3.05) is 18.4 Å². The highest BCUT2D eigenvalue weighted by Crippen LogP contribution is 2.34. The van der Waals surface area contributed by atoms with Gasteiger partial charge in [-0.1, -0.05) is 0 Å². The van der Waals surface area contributed by atoms with Crippen LogP contribution in [-0.4, -0.2) is 34.9 Å². The van der Waals surface area contributed by atoms with Crippen LogP contribution < -0.4 is 5.32 Å². The predicted molar refractivity (Wildman–Crippen MR) is 104 cm³/mol. The van der Waals surface area contributed by atoms with Crippen LogP contribution in [0.5, 0.6) is 0 Å². The molecule has 5 heteroatoms. The van der Waals surface area contributed by atoms with Crippen LogP contribution in [0.2, 0.25) is 0 Å². The molecular weight excluding hydrogens is 326 g/mol. The minimum Gasteiger partial charge on any atom is -0.459 e. The first kappa shape index (κ1) is 16.9. The highest BCUT2D eigenvalue weighted by Gasteiger charge is 2.24. The van der Waals surface area contributed by atoms with E-state index in [2.05, 4.69) is 41.3 Å². The van der Waals surface area contributed by atoms with Gasteiger partial charge < -0.3 is 19.6 Å². The Kier molecular flexibility index (Phi) is 4.55. The molecule has 0 spiro atoms. The lowest BCUT2D eigenvalue weighted by molar-refractivity contribution is 0.0996. The highest BCUT2D eigenvalue weighted by atomic mass is 16.3. The summed E-state index contributed by atoms with van der Waals surface area (Å²) in [6.07, 6.45) is 5.99. The monoisotopic (exact) mass is 351 g/mol. The van der Waals surface area contributed by atoms with Crippen molar-refractivity contribution in [3.05, 3.63) is 54.1 Å². The second kappa shape index (κ2) is 7.00. The van der Waals surface area contributed by atoms with Gasteiger partial charge in [0.1, 0.15) is 0 Å². The third-order valence-electron chi connectivity index (χ3n) is 5.42. The molecule has 1 amide bonds. The van der Waals surface area contributed by atoms with Crippen LogP contribution in [0.15, 0.2) is 47.2 Å². The molecule has 1 aliphatic heterocycles. The molecule has 0 bridgehead atoms. The predicted octanol–water partition coefficient (Wildman–Crippen LogP) is 4.60. The van der Waals surface area contributed by atoms with Gasteiger partial charge in [-0.05, 0) is 81.6 Å². The van der Waals surface area contributed by atoms with E-state index in [4.69, 9.17) is 4.42 Å². The zero-order valence-corrected chi connectivity index (χ0v) is 15.3. The summed E-state index contributed by atoms with van der Waals surface area (Å²) >= 11 is 0. The zero-order valence-electron chi connectivity index (χ0n) is 15.3. The number of nitrogens with one attached hydrogen (secondary N) is 2. The van der Waals surface area contributed by atoms with E-state index >= 15 is 0 Å². The number of hydrogen-bond donors (Lipinski definition) is 2. The molecule has 1 fully saturated rings. The fourth-order valence-corrected chi connectivity index (χ4v) is 3.89. The number of aromatic nitrogens is 1. The number of nitrogens with zero attached hydrogens (tertiary/aromatic N) is 1. The van der Waals surface area contributed by atoms with Crippen molar-refractivity contribution in [2.24, 2.45) is 0 Å². The number of anilines is 1. The Labute approximate surface area is 153 Å². The molecule has 2 aromatic heterocycles. The largest absolute Gasteiger partial charge is 0.459 e. The molecule has 136 valence electrons. The lowest BCUT2D eigenvalue weighted by Gasteiger charge is -2.34. The number of likely N-dealkylation sites (tertiary alicyclic amines) is 1. The first-order valence-electron chi connectivity index (χ1n) is 9.32. The van der Waals surface area contributed by atoms with Gasteiger partial charge in [-0.15, -0.1) is 0 Å². The Morgan fingerprint density at radius 3 is 2.77 bits per heavy atom. The van der Waals surface area contributed by atoms with Gasteiger partial charge in [0.15, 0.2) is 5.76 Å². The third kappa shape index (κ3) is 3.27. The van der Waals surface area contributed by atoms with Crippen LogP contribution in [0.25, 0.3) is 10.9 Å². The Balaban J connectivity index is 1.54. The van der Waals surface area contributed by atoms with Gasteiger partial charge in [0.05, 0.1) is 6.26 Å². The average Bonchev–Trinajstić information content (AvgIpc) is 3.31. The van der Waals surface area contributed by atoms with Gasteiger partial charge in [0, 0.05) is 28.8 Å². The normalized spacial score (nSPS) is 16.4. The maximum absolute atomic E-state index is 12.2. The summed E-state index contributed by atoms with van der Waals surface area (Å²) in [4.78, 5) is 18.1. The Morgan fingerprint density at radius 1 is 1.27 bits per heavy atom. The summed E-state index contributed by atoms with van der Waals surface area (Å²) in [5, 5.41) is 4.12. The third-order valence-corrected chi connectivity index (χ3v) is 5.42. The molecule has 1 aromatic carbocycles. The maximum Gasteiger partial charge on any atom is 0.291 e. The summed E-state index contributed by atoms with van der Waals surface area (Å²) in [6.45, 7) is 6.81. The number of piperidine rings is 1. The Morgan fingerprint density at radius 2 is 2.08 bits per heavy atom. The van der Waals surface area contributed by atoms with E-state index in [1.165, 1.54) is 30.1 Å². The average molecular weight is 351 g/mol. The standard InChI is InChI=1S/C21H25N3O2/c1-14(2)24-9-7-15(8-10-24)18-13-22-19-6-5-16(12-17(18)19)23-21(25)20-4-3-11-26-20/h3-6,11-15,22H,7-10H2,1-2H3,(H,23,25). The number of carbonyl (C=O) groups is 1. The van der Waals surface area contributed by atoms with Crippen molar-refractivity contribution in [1.29, 1.82) is 0 Å². The van der Waals surface area contributed by atoms with Gasteiger partial charge in [-0.2, -0.15) is 0 Å². The Bertz CT molecular complexity index is 887. The lowest BCUT2D eigenvalue weighted by Crippen LogP contribution is -2.37. The molecule has 0 atom stereocenters. The molecule has 2 N–H and O–H groups in total. The molecule has 4 rings (SSSR count). The summed E-state index contributed by atoms with van der Waals surface area (Å²) in [7, 11) is 0. The van der Waals surface area contributed by atoms with E-state index in [0.29, 0.717) is 17.7 Å². The fraction of sp³-hybridized carbons (Fsp3) is 0.381. The van der Waals surface area contributed by atoms with Crippen LogP contribution in [0.1, 0.15) is 48.7 Å². The van der Waals surface area contributed by atoms with Crippen molar-refractivity contribution >= 4 is 22.5 Å². The molecule has 1 aliphatic rings. The van der Waals surface area contributed by atoms with Gasteiger partial charge in [0.2, 0.25) is 0 Å². The van der Waals surface area contributed by atoms with Crippen molar-refractivity contribution in [3.8, 4) is 0 Å². The minimum absolute atomic E-state index is 0.225. The van der Waals surface area contributed by atoms with Crippen LogP contribution in [0, 0.1) is 0 Å². The molecule has 5 nitrogen and oxygen atoms in total. The van der Waals surface area contributed by atoms with Crippen LogP contribution in [0.4, 0.5) is 5.69 Å². The molecule has 3 heterocycles. The summed E-state index contributed by atoms with van der Waals surface area (Å²) in [5.74, 6) is 0.659. The second-order valence-corrected chi connectivity index (χ2v) is 7.34. The SMILES string of the molecule is CC(C)N1CCC(c2c[nH]c3ccc(NC(=O)c4ccco4)cc23)CC1. The number of carbonyl (C=O) groups excluding carboxylic acids is 1. The summed E-state index contributed by atoms with van der Waals surface area (Å²) in [5.41, 5.74) is 3.26. The molecule has 0 unspecified atom stereocenters. The molecule has 26 heavy (non-hydrogen) atoms. The lowest BCUT2D eigenvalue weighted by atomic mass is 9.88. The van der Waals surface area contributed by atoms with Crippen LogP contribution >= 0.6 is 0 Å². The summed E-state index contributed by atoms with van der Waals surface area (Å²) in [6, 6.07) is 10.0. The van der Waals surface area contributed by atoms with Crippen LogP contribution in [0.3, 0.4) is 0 Å². The van der Waals surface area contributed by atoms with Crippen molar-refractivity contribution < 1.29 is 9.21 Å². The first-order valence-corrected chi connectivity index (χ1v) is 9.32. The number of furan rings is 1. The van der Waals surface area contributed by atoms with E-state index in [1.807, 2.05) is 12.1 Å². The van der Waals surface area contributed by atoms with Gasteiger partial charge in [0.25, 0.3) is 5.91 Å². The number of hydrogen-bond acceptors (Lipinski definition) is 3. The van der Waals surface area contributed by atoms with Gasteiger partial charge in [-0.25, -0.2) is 0 Å². The topological polar surface area (TPSA) is 61.3 Å². The first-order chi connectivity index (χ1) is 12.6. The second-order valence-electron chi connectivity index (χ2n) is 7.34. The highest BCUT2D eigenvalue weighted by molar-refractivity contribution is 6.03. The molecule has 0 saturated carbocycles. The quantitative estimate of drug-likeness (QED) is 0.722. The number of fused-ring (bicyclic) bond motifs is 1.